The first-order valence-corrected chi connectivity index (χ1v) is 5.79. The second-order valence-corrected chi connectivity index (χ2v) is 4.02. The molecular formula is C14H14FN3O. The molecule has 0 saturated carbocycles. The van der Waals surface area contributed by atoms with E-state index in [1.165, 1.54) is 6.07 Å². The monoisotopic (exact) mass is 259 g/mol. The van der Waals surface area contributed by atoms with Crippen LogP contribution in [0.4, 0.5) is 20.6 Å². The summed E-state index contributed by atoms with van der Waals surface area (Å²) < 4.78 is 13.3. The van der Waals surface area contributed by atoms with Gasteiger partial charge in [0.15, 0.2) is 0 Å². The van der Waals surface area contributed by atoms with Gasteiger partial charge in [0.2, 0.25) is 0 Å². The molecule has 0 aromatic heterocycles. The topological polar surface area (TPSA) is 67.1 Å². The zero-order valence-electron chi connectivity index (χ0n) is 10.2. The minimum Gasteiger partial charge on any atom is -0.399 e. The molecular weight excluding hydrogens is 245 g/mol. The highest BCUT2D eigenvalue weighted by atomic mass is 19.1. The van der Waals surface area contributed by atoms with Crippen LogP contribution in [0.3, 0.4) is 0 Å². The molecule has 4 N–H and O–H groups in total. The van der Waals surface area contributed by atoms with E-state index in [9.17, 15) is 9.18 Å². The van der Waals surface area contributed by atoms with Gasteiger partial charge in [0, 0.05) is 23.5 Å². The molecule has 5 heteroatoms. The normalized spacial score (nSPS) is 9.95. The molecule has 2 aromatic carbocycles. The minimum atomic E-state index is -0.395. The van der Waals surface area contributed by atoms with Crippen molar-refractivity contribution >= 4 is 17.4 Å². The molecule has 98 valence electrons. The van der Waals surface area contributed by atoms with Gasteiger partial charge in [0.25, 0.3) is 0 Å². The molecule has 0 radical (unpaired) electrons. The number of hydrogen-bond donors (Lipinski definition) is 3. The molecule has 0 aliphatic carbocycles. The lowest BCUT2D eigenvalue weighted by atomic mass is 10.2. The van der Waals surface area contributed by atoms with Gasteiger partial charge in [-0.05, 0) is 30.3 Å². The molecule has 0 unspecified atom stereocenters. The summed E-state index contributed by atoms with van der Waals surface area (Å²) in [4.78, 5) is 11.6. The summed E-state index contributed by atoms with van der Waals surface area (Å²) in [5.41, 5.74) is 7.23. The number of benzene rings is 2. The predicted octanol–water partition coefficient (Wildman–Crippen LogP) is 2.73. The van der Waals surface area contributed by atoms with E-state index in [1.807, 2.05) is 0 Å². The molecule has 4 nitrogen and oxygen atoms in total. The Hall–Kier alpha value is -2.56. The predicted molar refractivity (Wildman–Crippen MR) is 73.1 cm³/mol. The average Bonchev–Trinajstić information content (AvgIpc) is 2.40. The third-order valence-corrected chi connectivity index (χ3v) is 2.57. The van der Waals surface area contributed by atoms with Gasteiger partial charge in [-0.3, -0.25) is 0 Å². The largest absolute Gasteiger partial charge is 0.399 e. The van der Waals surface area contributed by atoms with E-state index < -0.39 is 6.03 Å². The molecule has 2 rings (SSSR count). The van der Waals surface area contributed by atoms with Crippen molar-refractivity contribution in [2.24, 2.45) is 0 Å². The van der Waals surface area contributed by atoms with Crippen LogP contribution in [0.5, 0.6) is 0 Å². The molecule has 0 heterocycles. The Morgan fingerprint density at radius 1 is 1.11 bits per heavy atom. The van der Waals surface area contributed by atoms with Crippen LogP contribution in [0.25, 0.3) is 0 Å². The van der Waals surface area contributed by atoms with Crippen LogP contribution in [0, 0.1) is 5.82 Å². The highest BCUT2D eigenvalue weighted by Gasteiger charge is 2.04. The Kier molecular flexibility index (Phi) is 3.97. The van der Waals surface area contributed by atoms with Gasteiger partial charge in [0.05, 0.1) is 0 Å². The maximum atomic E-state index is 13.3. The quantitative estimate of drug-likeness (QED) is 0.742. The number of urea groups is 1. The van der Waals surface area contributed by atoms with Crippen molar-refractivity contribution in [1.29, 1.82) is 0 Å². The van der Waals surface area contributed by atoms with Crippen molar-refractivity contribution in [1.82, 2.24) is 5.32 Å². The highest BCUT2D eigenvalue weighted by molar-refractivity contribution is 5.89. The number of nitrogens with one attached hydrogen (secondary N) is 2. The fourth-order valence-corrected chi connectivity index (χ4v) is 1.56. The summed E-state index contributed by atoms with van der Waals surface area (Å²) in [7, 11) is 0. The second-order valence-electron chi connectivity index (χ2n) is 4.02. The molecule has 2 aromatic rings. The van der Waals surface area contributed by atoms with Crippen LogP contribution < -0.4 is 16.4 Å². The Morgan fingerprint density at radius 3 is 2.47 bits per heavy atom. The van der Waals surface area contributed by atoms with Crippen LogP contribution in [-0.4, -0.2) is 6.03 Å². The van der Waals surface area contributed by atoms with Gasteiger partial charge < -0.3 is 16.4 Å². The van der Waals surface area contributed by atoms with Crippen molar-refractivity contribution in [3.8, 4) is 0 Å². The van der Waals surface area contributed by atoms with Crippen LogP contribution in [0.2, 0.25) is 0 Å². The first-order chi connectivity index (χ1) is 9.15. The summed E-state index contributed by atoms with van der Waals surface area (Å²) in [5.74, 6) is -0.338. The number of nitrogen functional groups attached to an aromatic ring is 1. The molecule has 0 atom stereocenters. The SMILES string of the molecule is Nc1ccc(NC(=O)NCc2ccccc2F)cc1. The van der Waals surface area contributed by atoms with Crippen LogP contribution in [-0.2, 0) is 6.54 Å². The van der Waals surface area contributed by atoms with Gasteiger partial charge in [0.1, 0.15) is 5.82 Å². The molecule has 0 aliphatic heterocycles. The van der Waals surface area contributed by atoms with E-state index in [-0.39, 0.29) is 12.4 Å². The summed E-state index contributed by atoms with van der Waals surface area (Å²) >= 11 is 0. The molecule has 0 fully saturated rings. The van der Waals surface area contributed by atoms with Crippen LogP contribution in [0.15, 0.2) is 48.5 Å². The van der Waals surface area contributed by atoms with Crippen molar-refractivity contribution in [2.75, 3.05) is 11.1 Å². The zero-order valence-corrected chi connectivity index (χ0v) is 10.2. The molecule has 2 amide bonds. The fourth-order valence-electron chi connectivity index (χ4n) is 1.56. The lowest BCUT2D eigenvalue weighted by molar-refractivity contribution is 0.251. The van der Waals surface area contributed by atoms with Crippen LogP contribution in [0.1, 0.15) is 5.56 Å². The molecule has 19 heavy (non-hydrogen) atoms. The van der Waals surface area contributed by atoms with E-state index in [4.69, 9.17) is 5.73 Å². The average molecular weight is 259 g/mol. The summed E-state index contributed by atoms with van der Waals surface area (Å²) in [6.45, 7) is 0.132. The zero-order chi connectivity index (χ0) is 13.7. The van der Waals surface area contributed by atoms with E-state index in [2.05, 4.69) is 10.6 Å². The minimum absolute atomic E-state index is 0.132. The van der Waals surface area contributed by atoms with E-state index in [0.29, 0.717) is 16.9 Å². The molecule has 0 bridgehead atoms. The maximum Gasteiger partial charge on any atom is 0.319 e. The fraction of sp³-hybridized carbons (Fsp3) is 0.0714. The Bertz CT molecular complexity index is 569. The summed E-state index contributed by atoms with van der Waals surface area (Å²) in [6.07, 6.45) is 0. The van der Waals surface area contributed by atoms with Crippen molar-refractivity contribution in [3.05, 3.63) is 59.9 Å². The number of carbonyl (C=O) groups excluding carboxylic acids is 1. The third-order valence-electron chi connectivity index (χ3n) is 2.57. The highest BCUT2D eigenvalue weighted by Crippen LogP contribution is 2.10. The van der Waals surface area contributed by atoms with Gasteiger partial charge in [-0.15, -0.1) is 0 Å². The number of amides is 2. The maximum absolute atomic E-state index is 13.3. The lowest BCUT2D eigenvalue weighted by Gasteiger charge is -2.08. The second kappa shape index (κ2) is 5.86. The number of rotatable bonds is 3. The Morgan fingerprint density at radius 2 is 1.79 bits per heavy atom. The van der Waals surface area contributed by atoms with Crippen LogP contribution >= 0.6 is 0 Å². The standard InChI is InChI=1S/C14H14FN3O/c15-13-4-2-1-3-10(13)9-17-14(19)18-12-7-5-11(16)6-8-12/h1-8H,9,16H2,(H2,17,18,19). The van der Waals surface area contributed by atoms with Crippen molar-refractivity contribution < 1.29 is 9.18 Å². The summed E-state index contributed by atoms with van der Waals surface area (Å²) in [5, 5.41) is 5.21. The Balaban J connectivity index is 1.88. The Labute approximate surface area is 110 Å². The number of hydrogen-bond acceptors (Lipinski definition) is 2. The van der Waals surface area contributed by atoms with Crippen molar-refractivity contribution in [3.63, 3.8) is 0 Å². The third kappa shape index (κ3) is 3.70. The van der Waals surface area contributed by atoms with E-state index in [1.54, 1.807) is 42.5 Å². The lowest BCUT2D eigenvalue weighted by Crippen LogP contribution is -2.28. The number of nitrogens with two attached hydrogens (primary N) is 1. The molecule has 0 spiro atoms. The van der Waals surface area contributed by atoms with E-state index in [0.717, 1.165) is 0 Å². The van der Waals surface area contributed by atoms with Crippen molar-refractivity contribution in [2.45, 2.75) is 6.54 Å². The number of halogens is 1. The van der Waals surface area contributed by atoms with Gasteiger partial charge in [-0.2, -0.15) is 0 Å². The van der Waals surface area contributed by atoms with Gasteiger partial charge in [-0.25, -0.2) is 9.18 Å². The number of anilines is 2. The smallest absolute Gasteiger partial charge is 0.319 e. The molecule has 0 saturated heterocycles. The first kappa shape index (κ1) is 12.9. The summed E-state index contributed by atoms with van der Waals surface area (Å²) in [6, 6.07) is 12.7. The van der Waals surface area contributed by atoms with E-state index >= 15 is 0 Å². The van der Waals surface area contributed by atoms with Gasteiger partial charge >= 0.3 is 6.03 Å². The van der Waals surface area contributed by atoms with Gasteiger partial charge in [-0.1, -0.05) is 18.2 Å². The molecule has 0 aliphatic rings. The first-order valence-electron chi connectivity index (χ1n) is 5.79. The number of carbonyl (C=O) groups is 1.